The number of hydrogen-bond donors (Lipinski definition) is 1. The minimum absolute atomic E-state index is 0.0478. The Morgan fingerprint density at radius 1 is 1.58 bits per heavy atom. The van der Waals surface area contributed by atoms with E-state index in [9.17, 15) is 9.09 Å². The predicted molar refractivity (Wildman–Crippen MR) is 69.9 cm³/mol. The molecule has 0 spiro atoms. The van der Waals surface area contributed by atoms with Gasteiger partial charge in [0.25, 0.3) is 0 Å². The normalized spacial score (nSPS) is 27.2. The van der Waals surface area contributed by atoms with Crippen LogP contribution in [-0.4, -0.2) is 18.9 Å². The standard InChI is InChI=1S/C12H17FNO4P/c1-9-4-6-16-19(15,18-9)7-5-10-2-3-11(17-13)8-12(10)14/h2-3,8-9H,4-7,14H2,1H3. The van der Waals surface area contributed by atoms with Gasteiger partial charge in [-0.2, -0.15) is 0 Å². The van der Waals surface area contributed by atoms with E-state index < -0.39 is 7.60 Å². The number of halogens is 1. The summed E-state index contributed by atoms with van der Waals surface area (Å²) in [5, 5.41) is 0. The highest BCUT2D eigenvalue weighted by Gasteiger charge is 2.31. The Kier molecular flexibility index (Phi) is 4.45. The monoisotopic (exact) mass is 289 g/mol. The first-order valence-electron chi connectivity index (χ1n) is 6.11. The molecule has 0 bridgehead atoms. The van der Waals surface area contributed by atoms with E-state index in [-0.39, 0.29) is 18.0 Å². The molecule has 0 radical (unpaired) electrons. The Hall–Kier alpha value is -1.10. The van der Waals surface area contributed by atoms with Gasteiger partial charge in [-0.25, -0.2) is 0 Å². The molecule has 7 heteroatoms. The molecule has 19 heavy (non-hydrogen) atoms. The highest BCUT2D eigenvalue weighted by molar-refractivity contribution is 7.53. The predicted octanol–water partition coefficient (Wildman–Crippen LogP) is 3.09. The average molecular weight is 289 g/mol. The maximum absolute atomic E-state index is 12.3. The van der Waals surface area contributed by atoms with Crippen molar-refractivity contribution in [3.8, 4) is 5.75 Å². The van der Waals surface area contributed by atoms with Crippen LogP contribution in [0.25, 0.3) is 0 Å². The Bertz CT molecular complexity index is 497. The van der Waals surface area contributed by atoms with Crippen LogP contribution in [-0.2, 0) is 20.0 Å². The Labute approximate surface area is 111 Å². The number of aryl methyl sites for hydroxylation is 1. The molecule has 1 aromatic rings. The number of rotatable bonds is 4. The fourth-order valence-electron chi connectivity index (χ4n) is 1.94. The van der Waals surface area contributed by atoms with Gasteiger partial charge in [0.2, 0.25) is 0 Å². The van der Waals surface area contributed by atoms with Crippen LogP contribution in [0.5, 0.6) is 5.75 Å². The molecule has 1 aliphatic heterocycles. The first-order chi connectivity index (χ1) is 9.02. The van der Waals surface area contributed by atoms with Gasteiger partial charge in [-0.15, -0.1) is 0 Å². The Balaban J connectivity index is 2.00. The molecule has 5 nitrogen and oxygen atoms in total. The molecule has 106 valence electrons. The van der Waals surface area contributed by atoms with Gasteiger partial charge < -0.3 is 14.8 Å². The number of benzene rings is 1. The average Bonchev–Trinajstić information content (AvgIpc) is 2.37. The summed E-state index contributed by atoms with van der Waals surface area (Å²) < 4.78 is 34.9. The third-order valence-corrected chi connectivity index (χ3v) is 5.04. The van der Waals surface area contributed by atoms with Crippen molar-refractivity contribution in [1.82, 2.24) is 0 Å². The molecule has 1 fully saturated rings. The van der Waals surface area contributed by atoms with E-state index in [0.717, 1.165) is 12.0 Å². The third-order valence-electron chi connectivity index (χ3n) is 3.01. The number of hydrogen-bond acceptors (Lipinski definition) is 5. The number of nitrogens with two attached hydrogens (primary N) is 1. The quantitative estimate of drug-likeness (QED) is 0.681. The van der Waals surface area contributed by atoms with Crippen molar-refractivity contribution in [2.24, 2.45) is 0 Å². The summed E-state index contributed by atoms with van der Waals surface area (Å²) in [5.74, 6) is 0.0478. The summed E-state index contributed by atoms with van der Waals surface area (Å²) in [7, 11) is -3.03. The van der Waals surface area contributed by atoms with Gasteiger partial charge in [-0.3, -0.25) is 9.51 Å². The second-order valence-electron chi connectivity index (χ2n) is 4.56. The van der Waals surface area contributed by atoms with E-state index in [4.69, 9.17) is 14.8 Å². The van der Waals surface area contributed by atoms with Gasteiger partial charge in [-0.1, -0.05) is 6.07 Å². The number of nitrogen functional groups attached to an aromatic ring is 1. The van der Waals surface area contributed by atoms with E-state index in [0.29, 0.717) is 18.7 Å². The van der Waals surface area contributed by atoms with Crippen LogP contribution in [0.4, 0.5) is 10.2 Å². The number of anilines is 1. The maximum Gasteiger partial charge on any atom is 0.331 e. The highest BCUT2D eigenvalue weighted by atomic mass is 31.2. The summed E-state index contributed by atoms with van der Waals surface area (Å²) in [4.78, 5) is 3.59. The van der Waals surface area contributed by atoms with E-state index in [1.165, 1.54) is 12.1 Å². The van der Waals surface area contributed by atoms with Crippen LogP contribution in [0.2, 0.25) is 0 Å². The largest absolute Gasteiger partial charge is 0.398 e. The van der Waals surface area contributed by atoms with Gasteiger partial charge in [0.15, 0.2) is 5.75 Å². The molecular formula is C12H17FNO4P. The van der Waals surface area contributed by atoms with E-state index in [1.807, 2.05) is 6.92 Å². The summed E-state index contributed by atoms with van der Waals surface area (Å²) in [6, 6.07) is 4.49. The smallest absolute Gasteiger partial charge is 0.331 e. The maximum atomic E-state index is 12.3. The highest BCUT2D eigenvalue weighted by Crippen LogP contribution is 2.52. The van der Waals surface area contributed by atoms with Crippen molar-refractivity contribution in [3.63, 3.8) is 0 Å². The van der Waals surface area contributed by atoms with Gasteiger partial charge in [0.05, 0.1) is 18.9 Å². The lowest BCUT2D eigenvalue weighted by molar-refractivity contribution is -0.00614. The van der Waals surface area contributed by atoms with E-state index in [1.54, 1.807) is 6.07 Å². The van der Waals surface area contributed by atoms with Gasteiger partial charge in [0.1, 0.15) is 0 Å². The lowest BCUT2D eigenvalue weighted by Crippen LogP contribution is -2.19. The summed E-state index contributed by atoms with van der Waals surface area (Å²) in [6.45, 7) is 2.32. The van der Waals surface area contributed by atoms with Crippen LogP contribution >= 0.6 is 7.60 Å². The molecule has 1 aliphatic rings. The minimum Gasteiger partial charge on any atom is -0.398 e. The molecule has 0 saturated carbocycles. The van der Waals surface area contributed by atoms with Crippen molar-refractivity contribution >= 4 is 13.3 Å². The molecule has 2 rings (SSSR count). The first-order valence-corrected chi connectivity index (χ1v) is 7.84. The molecule has 2 atom stereocenters. The van der Waals surface area contributed by atoms with Crippen LogP contribution < -0.4 is 10.7 Å². The van der Waals surface area contributed by atoms with Gasteiger partial charge in [-0.05, 0) is 31.4 Å². The molecule has 0 aromatic heterocycles. The van der Waals surface area contributed by atoms with Crippen molar-refractivity contribution in [3.05, 3.63) is 23.8 Å². The van der Waals surface area contributed by atoms with Gasteiger partial charge >= 0.3 is 7.60 Å². The van der Waals surface area contributed by atoms with Crippen molar-refractivity contribution in [1.29, 1.82) is 0 Å². The molecule has 2 unspecified atom stereocenters. The summed E-state index contributed by atoms with van der Waals surface area (Å²) in [5.41, 5.74) is 6.93. The molecule has 1 heterocycles. The Morgan fingerprint density at radius 2 is 2.37 bits per heavy atom. The zero-order valence-corrected chi connectivity index (χ0v) is 11.6. The zero-order valence-electron chi connectivity index (χ0n) is 10.7. The van der Waals surface area contributed by atoms with Crippen molar-refractivity contribution in [2.45, 2.75) is 25.9 Å². The fourth-order valence-corrected chi connectivity index (χ4v) is 3.79. The van der Waals surface area contributed by atoms with E-state index in [2.05, 4.69) is 4.94 Å². The van der Waals surface area contributed by atoms with Crippen LogP contribution in [0.15, 0.2) is 18.2 Å². The molecule has 1 aromatic carbocycles. The lowest BCUT2D eigenvalue weighted by atomic mass is 10.1. The molecular weight excluding hydrogens is 272 g/mol. The first kappa shape index (κ1) is 14.3. The lowest BCUT2D eigenvalue weighted by Gasteiger charge is -2.27. The molecule has 0 amide bonds. The SMILES string of the molecule is CC1CCOP(=O)(CCc2ccc(OF)cc2N)O1. The van der Waals surface area contributed by atoms with Crippen LogP contribution in [0, 0.1) is 0 Å². The fraction of sp³-hybridized carbons (Fsp3) is 0.500. The molecule has 2 N–H and O–H groups in total. The molecule has 1 saturated heterocycles. The summed E-state index contributed by atoms with van der Waals surface area (Å²) in [6.07, 6.45) is 1.40. The topological polar surface area (TPSA) is 70.8 Å². The van der Waals surface area contributed by atoms with E-state index >= 15 is 0 Å². The Morgan fingerprint density at radius 3 is 3.00 bits per heavy atom. The second-order valence-corrected chi connectivity index (χ2v) is 6.70. The minimum atomic E-state index is -3.03. The zero-order chi connectivity index (χ0) is 13.9. The summed E-state index contributed by atoms with van der Waals surface area (Å²) >= 11 is 0. The molecule has 0 aliphatic carbocycles. The van der Waals surface area contributed by atoms with Crippen LogP contribution in [0.3, 0.4) is 0 Å². The second kappa shape index (κ2) is 5.90. The third kappa shape index (κ3) is 3.69. The van der Waals surface area contributed by atoms with Crippen molar-refractivity contribution in [2.75, 3.05) is 18.5 Å². The van der Waals surface area contributed by atoms with Crippen molar-refractivity contribution < 1.29 is 23.1 Å². The van der Waals surface area contributed by atoms with Crippen LogP contribution in [0.1, 0.15) is 18.9 Å². The van der Waals surface area contributed by atoms with Gasteiger partial charge in [0, 0.05) is 16.3 Å².